The summed E-state index contributed by atoms with van der Waals surface area (Å²) in [5.41, 5.74) is 5.83. The number of imidazole rings is 2. The maximum Gasteiger partial charge on any atom is 0.407 e. The number of alkyl carbamates (subject to hydrolysis) is 2. The van der Waals surface area contributed by atoms with Crippen molar-refractivity contribution in [1.29, 1.82) is 0 Å². The summed E-state index contributed by atoms with van der Waals surface area (Å²) in [7, 11) is 2.59. The Morgan fingerprint density at radius 2 is 1.20 bits per heavy atom. The lowest BCUT2D eigenvalue weighted by molar-refractivity contribution is -0.139. The van der Waals surface area contributed by atoms with Crippen LogP contribution in [-0.4, -0.2) is 92.6 Å². The van der Waals surface area contributed by atoms with Gasteiger partial charge in [0.2, 0.25) is 11.8 Å². The quantitative estimate of drug-likeness (QED) is 0.132. The molecular formula is C42H52N8O6. The number of likely N-dealkylation sites (tertiary alicyclic amines) is 2. The van der Waals surface area contributed by atoms with Crippen LogP contribution in [0.1, 0.15) is 83.5 Å². The number of aromatic amines is 2. The van der Waals surface area contributed by atoms with Crippen molar-refractivity contribution in [3.8, 4) is 33.6 Å². The van der Waals surface area contributed by atoms with Gasteiger partial charge >= 0.3 is 12.2 Å². The summed E-state index contributed by atoms with van der Waals surface area (Å²) in [5, 5.41) is 5.45. The minimum Gasteiger partial charge on any atom is -0.453 e. The Morgan fingerprint density at radius 3 is 1.73 bits per heavy atom. The van der Waals surface area contributed by atoms with Crippen LogP contribution in [0.2, 0.25) is 0 Å². The predicted octanol–water partition coefficient (Wildman–Crippen LogP) is 6.61. The Labute approximate surface area is 327 Å². The second kappa shape index (κ2) is 16.2. The Hall–Kier alpha value is -5.66. The molecule has 4 N–H and O–H groups in total. The topological polar surface area (TPSA) is 175 Å². The molecule has 2 aromatic carbocycles. The van der Waals surface area contributed by atoms with Gasteiger partial charge in [0.25, 0.3) is 0 Å². The molecule has 6 atom stereocenters. The van der Waals surface area contributed by atoms with E-state index in [1.54, 1.807) is 6.20 Å². The van der Waals surface area contributed by atoms with Crippen LogP contribution in [0.3, 0.4) is 0 Å². The van der Waals surface area contributed by atoms with Crippen molar-refractivity contribution >= 4 is 24.0 Å². The molecule has 56 heavy (non-hydrogen) atoms. The van der Waals surface area contributed by atoms with Gasteiger partial charge in [-0.15, -0.1) is 0 Å². The number of hydrogen-bond donors (Lipinski definition) is 4. The van der Waals surface area contributed by atoms with Crippen molar-refractivity contribution in [3.63, 3.8) is 0 Å². The first kappa shape index (κ1) is 38.6. The first-order valence-electron chi connectivity index (χ1n) is 19.6. The van der Waals surface area contributed by atoms with E-state index < -0.39 is 24.3 Å². The number of nitrogens with one attached hydrogen (secondary N) is 4. The standard InChI is InChI=1S/C42H52N8O6/c1-23(2)34(47-41(53)55-5)39(51)49-19-7-8-33(49)37-43-21-31(45-37)27-13-9-25(10-14-27)26-11-15-28(16-12-26)32-22-44-38(46-32)36-29-17-18-30(20-29)50(36)40(52)35(24(3)4)48-42(54)56-6/h9-16,21-24,29-30,33-36H,7-8,17-20H2,1-6H3,(H,43,45)(H,44,46)(H,47,53)(H,48,54)/t29-,30-,33-,34-,35?,36+/m0/s1. The Bertz CT molecular complexity index is 2040. The molecule has 3 aliphatic rings. The van der Waals surface area contributed by atoms with Crippen LogP contribution in [-0.2, 0) is 19.1 Å². The van der Waals surface area contributed by atoms with Crippen molar-refractivity contribution in [2.45, 2.75) is 90.0 Å². The highest BCUT2D eigenvalue weighted by molar-refractivity contribution is 5.87. The SMILES string of the molecule is COC(=O)NC(C(=O)N1[C@H]2CC[C@@H](C2)[C@@H]1c1ncc(-c2ccc(-c3ccc(-c4cnc([C@@H]5CCCN5C(=O)[C@@H](NC(=O)OC)C(C)C)[nH]4)cc3)cc2)[nH]1)C(C)C. The van der Waals surface area contributed by atoms with E-state index in [1.165, 1.54) is 14.2 Å². The first-order chi connectivity index (χ1) is 27.0. The molecule has 7 rings (SSSR count). The zero-order valence-corrected chi connectivity index (χ0v) is 32.9. The number of aromatic nitrogens is 4. The van der Waals surface area contributed by atoms with Gasteiger partial charge in [0.15, 0.2) is 0 Å². The molecule has 14 heteroatoms. The van der Waals surface area contributed by atoms with Gasteiger partial charge in [-0.3, -0.25) is 9.59 Å². The number of benzene rings is 2. The highest BCUT2D eigenvalue weighted by Crippen LogP contribution is 2.50. The highest BCUT2D eigenvalue weighted by Gasteiger charge is 2.51. The molecule has 0 spiro atoms. The number of hydrogen-bond acceptors (Lipinski definition) is 8. The lowest BCUT2D eigenvalue weighted by atomic mass is 9.95. The van der Waals surface area contributed by atoms with Crippen LogP contribution in [0.25, 0.3) is 33.6 Å². The zero-order chi connectivity index (χ0) is 39.7. The van der Waals surface area contributed by atoms with Crippen molar-refractivity contribution in [3.05, 3.63) is 72.6 Å². The lowest BCUT2D eigenvalue weighted by Gasteiger charge is -2.37. The van der Waals surface area contributed by atoms with E-state index in [9.17, 15) is 19.2 Å². The Morgan fingerprint density at radius 1 is 0.696 bits per heavy atom. The van der Waals surface area contributed by atoms with E-state index in [1.807, 2.05) is 43.7 Å². The third-order valence-electron chi connectivity index (χ3n) is 11.7. The summed E-state index contributed by atoms with van der Waals surface area (Å²) >= 11 is 0. The molecule has 14 nitrogen and oxygen atoms in total. The zero-order valence-electron chi connectivity index (χ0n) is 32.9. The highest BCUT2D eigenvalue weighted by atomic mass is 16.5. The molecule has 4 heterocycles. The minimum atomic E-state index is -0.687. The third-order valence-corrected chi connectivity index (χ3v) is 11.7. The summed E-state index contributed by atoms with van der Waals surface area (Å²) in [6.07, 6.45) is 6.96. The van der Waals surface area contributed by atoms with Crippen LogP contribution in [0, 0.1) is 17.8 Å². The van der Waals surface area contributed by atoms with Gasteiger partial charge in [-0.2, -0.15) is 0 Å². The molecular weight excluding hydrogens is 713 g/mol. The van der Waals surface area contributed by atoms with Gasteiger partial charge in [0.1, 0.15) is 23.7 Å². The predicted molar refractivity (Wildman–Crippen MR) is 210 cm³/mol. The van der Waals surface area contributed by atoms with Gasteiger partial charge in [0, 0.05) is 12.6 Å². The molecule has 1 saturated carbocycles. The van der Waals surface area contributed by atoms with Crippen molar-refractivity contribution in [1.82, 2.24) is 40.4 Å². The minimum absolute atomic E-state index is 0.0949. The van der Waals surface area contributed by atoms with Gasteiger partial charge in [-0.25, -0.2) is 19.6 Å². The number of nitrogens with zero attached hydrogens (tertiary/aromatic N) is 4. The molecule has 4 aromatic rings. The van der Waals surface area contributed by atoms with E-state index >= 15 is 0 Å². The number of H-pyrrole nitrogens is 2. The van der Waals surface area contributed by atoms with E-state index in [-0.39, 0.29) is 41.8 Å². The van der Waals surface area contributed by atoms with Gasteiger partial charge in [0.05, 0.1) is 50.1 Å². The number of amides is 4. The summed E-state index contributed by atoms with van der Waals surface area (Å²) < 4.78 is 9.57. The molecule has 1 unspecified atom stereocenters. The maximum atomic E-state index is 13.9. The number of methoxy groups -OCH3 is 2. The lowest BCUT2D eigenvalue weighted by Crippen LogP contribution is -2.54. The van der Waals surface area contributed by atoms with E-state index in [0.717, 1.165) is 77.4 Å². The number of ether oxygens (including phenoxy) is 2. The number of fused-ring (bicyclic) bond motifs is 2. The smallest absolute Gasteiger partial charge is 0.407 e. The summed E-state index contributed by atoms with van der Waals surface area (Å²) in [6, 6.07) is 15.0. The van der Waals surface area contributed by atoms with Crippen molar-refractivity contribution in [2.75, 3.05) is 20.8 Å². The fourth-order valence-electron chi connectivity index (χ4n) is 8.68. The molecule has 2 bridgehead atoms. The summed E-state index contributed by atoms with van der Waals surface area (Å²) in [6.45, 7) is 8.25. The van der Waals surface area contributed by atoms with Crippen LogP contribution in [0.15, 0.2) is 60.9 Å². The number of piperidine rings is 1. The number of carbonyl (C=O) groups is 4. The number of carbonyl (C=O) groups excluding carboxylic acids is 4. The summed E-state index contributed by atoms with van der Waals surface area (Å²) in [4.78, 5) is 71.7. The first-order valence-corrected chi connectivity index (χ1v) is 19.6. The van der Waals surface area contributed by atoms with Crippen molar-refractivity contribution in [2.24, 2.45) is 17.8 Å². The van der Waals surface area contributed by atoms with Gasteiger partial charge < -0.3 is 39.9 Å². The van der Waals surface area contributed by atoms with Gasteiger partial charge in [-0.1, -0.05) is 76.2 Å². The maximum absolute atomic E-state index is 13.9. The fraction of sp³-hybridized carbons (Fsp3) is 0.476. The molecule has 4 amide bonds. The molecule has 296 valence electrons. The molecule has 2 aliphatic heterocycles. The van der Waals surface area contributed by atoms with Crippen LogP contribution in [0.5, 0.6) is 0 Å². The Balaban J connectivity index is 1.02. The second-order valence-electron chi connectivity index (χ2n) is 15.8. The van der Waals surface area contributed by atoms with Crippen molar-refractivity contribution < 1.29 is 28.7 Å². The largest absolute Gasteiger partial charge is 0.453 e. The monoisotopic (exact) mass is 764 g/mol. The van der Waals surface area contributed by atoms with Crippen LogP contribution >= 0.6 is 0 Å². The fourth-order valence-corrected chi connectivity index (χ4v) is 8.68. The van der Waals surface area contributed by atoms with E-state index in [2.05, 4.69) is 74.1 Å². The molecule has 2 aromatic heterocycles. The van der Waals surface area contributed by atoms with E-state index in [4.69, 9.17) is 14.5 Å². The Kier molecular flexibility index (Phi) is 11.2. The van der Waals surface area contributed by atoms with E-state index in [0.29, 0.717) is 12.5 Å². The average molecular weight is 765 g/mol. The molecule has 1 aliphatic carbocycles. The van der Waals surface area contributed by atoms with Crippen LogP contribution in [0.4, 0.5) is 9.59 Å². The number of rotatable bonds is 11. The molecule has 3 fully saturated rings. The summed E-state index contributed by atoms with van der Waals surface area (Å²) in [5.74, 6) is 1.37. The molecule has 0 radical (unpaired) electrons. The normalized spacial score (nSPS) is 21.4. The average Bonchev–Trinajstić information content (AvgIpc) is 4.06. The molecule has 2 saturated heterocycles. The third kappa shape index (κ3) is 7.61. The second-order valence-corrected chi connectivity index (χ2v) is 15.8. The van der Waals surface area contributed by atoms with Gasteiger partial charge in [-0.05, 0) is 72.1 Å². The van der Waals surface area contributed by atoms with Crippen LogP contribution < -0.4 is 10.6 Å².